The summed E-state index contributed by atoms with van der Waals surface area (Å²) >= 11 is 5.96. The van der Waals surface area contributed by atoms with Crippen molar-refractivity contribution in [1.29, 1.82) is 0 Å². The van der Waals surface area contributed by atoms with E-state index in [1.54, 1.807) is 29.2 Å². The maximum absolute atomic E-state index is 13.5. The number of hydrogen-bond donors (Lipinski definition) is 3. The van der Waals surface area contributed by atoms with Crippen LogP contribution in [-0.4, -0.2) is 174 Å². The zero-order chi connectivity index (χ0) is 65.4. The van der Waals surface area contributed by atoms with E-state index in [0.717, 1.165) is 39.1 Å². The first-order valence-electron chi connectivity index (χ1n) is 28.0. The van der Waals surface area contributed by atoms with Crippen LogP contribution in [0.2, 0.25) is 5.02 Å². The summed E-state index contributed by atoms with van der Waals surface area (Å²) in [7, 11) is 4.17. The third-order valence-corrected chi connectivity index (χ3v) is 15.5. The molecule has 0 radical (unpaired) electrons. The highest BCUT2D eigenvalue weighted by Crippen LogP contribution is 2.35. The number of carbonyl (C=O) groups is 6. The molecule has 24 nitrogen and oxygen atoms in total. The maximum atomic E-state index is 13.5. The van der Waals surface area contributed by atoms with Gasteiger partial charge >= 0.3 is 30.4 Å². The fourth-order valence-corrected chi connectivity index (χ4v) is 11.0. The Morgan fingerprint density at radius 1 is 0.527 bits per heavy atom. The Labute approximate surface area is 514 Å². The number of aromatic nitrogens is 6. The molecular weight excluding hydrogens is 1250 g/mol. The van der Waals surface area contributed by atoms with E-state index < -0.39 is 97.4 Å². The van der Waals surface area contributed by atoms with Gasteiger partial charge in [0.15, 0.2) is 0 Å². The highest BCUT2D eigenvalue weighted by Gasteiger charge is 2.40. The van der Waals surface area contributed by atoms with E-state index in [2.05, 4.69) is 31.2 Å². The molecule has 1 unspecified atom stereocenters. The average Bonchev–Trinajstić information content (AvgIpc) is 1.65. The Balaban J connectivity index is 0.000000150. The van der Waals surface area contributed by atoms with Gasteiger partial charge in [-0.1, -0.05) is 23.7 Å². The second-order valence-corrected chi connectivity index (χ2v) is 21.9. The van der Waals surface area contributed by atoms with Crippen molar-refractivity contribution >= 4 is 64.5 Å². The summed E-state index contributed by atoms with van der Waals surface area (Å²) in [5.74, 6) is -2.91. The number of rotatable bonds is 6. The first-order valence-corrected chi connectivity index (χ1v) is 28.3. The zero-order valence-electron chi connectivity index (χ0n) is 48.4. The van der Waals surface area contributed by atoms with Crippen molar-refractivity contribution < 1.29 is 87.2 Å². The monoisotopic (exact) mass is 1310 g/mol. The van der Waals surface area contributed by atoms with Crippen LogP contribution in [-0.2, 0) is 85.4 Å². The van der Waals surface area contributed by atoms with Gasteiger partial charge in [0.05, 0.1) is 67.5 Å². The Kier molecular flexibility index (Phi) is 18.9. The van der Waals surface area contributed by atoms with Crippen molar-refractivity contribution in [1.82, 2.24) is 59.2 Å². The molecule has 6 aliphatic heterocycles. The molecule has 6 aliphatic rings. The summed E-state index contributed by atoms with van der Waals surface area (Å²) in [4.78, 5) is 96.3. The molecule has 3 aromatic heterocycles. The molecule has 0 spiro atoms. The van der Waals surface area contributed by atoms with E-state index in [0.29, 0.717) is 76.0 Å². The molecule has 0 saturated carbocycles. The summed E-state index contributed by atoms with van der Waals surface area (Å²) in [5.41, 5.74) is 2.34. The Morgan fingerprint density at radius 2 is 0.890 bits per heavy atom. The fraction of sp³-hybridized carbons (Fsp3) is 0.411. The summed E-state index contributed by atoms with van der Waals surface area (Å²) in [6, 6.07) is 11.8. The molecule has 0 fully saturated rings. The predicted octanol–water partition coefficient (Wildman–Crippen LogP) is 8.32. The van der Waals surface area contributed by atoms with Gasteiger partial charge in [-0.25, -0.2) is 47.1 Å². The van der Waals surface area contributed by atoms with Gasteiger partial charge in [-0.15, -0.1) is 0 Å². The van der Waals surface area contributed by atoms with Crippen molar-refractivity contribution in [2.24, 2.45) is 0 Å². The molecule has 3 aromatic carbocycles. The normalized spacial score (nSPS) is 19.0. The third-order valence-electron chi connectivity index (χ3n) is 15.2. The molecule has 9 amide bonds. The highest BCUT2D eigenvalue weighted by molar-refractivity contribution is 6.30. The quantitative estimate of drug-likeness (QED) is 0.134. The van der Waals surface area contributed by atoms with Crippen molar-refractivity contribution in [3.8, 4) is 0 Å². The van der Waals surface area contributed by atoms with E-state index in [9.17, 15) is 72.7 Å². The largest absolute Gasteiger partial charge is 0.419 e. The van der Waals surface area contributed by atoms with Crippen LogP contribution in [0.15, 0.2) is 66.7 Å². The van der Waals surface area contributed by atoms with Crippen molar-refractivity contribution in [3.05, 3.63) is 140 Å². The SMILES string of the molecule is CN1OC(CF)Cn2nc3c(c2C1=O)CN(C(=O)Nc1cccc(C(F)(F)F)c1)CC3.CN1O[C@H](CF)Cn2nc3c(c2C1=O)CN(C(=O)Nc1ccc(F)c(C(F)(F)F)c1)CC3.CN1O[C@H](CF)Cn2nc3c(c2C1=O)CN(C(=O)Nc1cccc(Cl)c1)CC3. The number of anilines is 3. The minimum atomic E-state index is -4.91. The molecule has 9 heterocycles. The van der Waals surface area contributed by atoms with Gasteiger partial charge in [0.25, 0.3) is 17.7 Å². The summed E-state index contributed by atoms with van der Waals surface area (Å²) < 4.78 is 135. The van der Waals surface area contributed by atoms with E-state index in [-0.39, 0.29) is 87.6 Å². The Bertz CT molecular complexity index is 3790. The Morgan fingerprint density at radius 3 is 1.24 bits per heavy atom. The summed E-state index contributed by atoms with van der Waals surface area (Å²) in [6.07, 6.45) is -10.8. The highest BCUT2D eigenvalue weighted by atomic mass is 35.5. The van der Waals surface area contributed by atoms with Crippen LogP contribution in [0.1, 0.15) is 76.4 Å². The van der Waals surface area contributed by atoms with Crippen molar-refractivity contribution in [2.75, 3.05) is 76.8 Å². The van der Waals surface area contributed by atoms with E-state index in [4.69, 9.17) is 26.1 Å². The minimum Gasteiger partial charge on any atom is -0.320 e. The van der Waals surface area contributed by atoms with Crippen LogP contribution in [0, 0.1) is 5.82 Å². The lowest BCUT2D eigenvalue weighted by atomic mass is 10.1. The van der Waals surface area contributed by atoms with E-state index in [1.165, 1.54) is 57.1 Å². The lowest BCUT2D eigenvalue weighted by molar-refractivity contribution is -0.152. The summed E-state index contributed by atoms with van der Waals surface area (Å²) in [5, 5.41) is 24.3. The average molecular weight is 1310 g/mol. The standard InChI is InChI=1S/C19H18F5N5O3.C19H19F4N5O3.C18H19ClFN5O3/c1-27-17(30)16-12-9-28(5-4-15(12)26-29(16)8-11(7-20)32-27)18(31)25-10-2-3-14(21)13(6-10)19(22,23)24;1-26-17(29)16-14-10-27(6-5-15(14)25-28(16)9-13(8-20)31-26)18(30)24-12-4-2-3-11(7-12)19(21,22)23;1-23-17(26)16-14-10-24(18(27)21-12-4-2-3-11(19)7-12)6-5-15(14)22-25(16)9-13(8-20)28-23/h2-3,6,11H,4-5,7-9H2,1H3,(H,25,31);2-4,7,13H,5-6,8-10H2,1H3,(H,24,30);2-4,7,13H,5-6,8-10H2,1H3,(H,21,27)/t11-;;13-/m1.1/s1. The number of hydrogen-bond acceptors (Lipinski definition) is 12. The topological polar surface area (TPSA) is 239 Å². The molecule has 0 saturated heterocycles. The number of amides is 9. The van der Waals surface area contributed by atoms with Gasteiger partial charge in [0.2, 0.25) is 0 Å². The van der Waals surface area contributed by atoms with Gasteiger partial charge < -0.3 is 30.7 Å². The molecular formula is C56H56ClF10N15O9. The fourth-order valence-electron chi connectivity index (χ4n) is 10.9. The molecule has 486 valence electrons. The van der Waals surface area contributed by atoms with Crippen LogP contribution in [0.4, 0.5) is 75.3 Å². The molecule has 6 aromatic rings. The number of fused-ring (bicyclic) bond motifs is 9. The number of benzene rings is 3. The first kappa shape index (κ1) is 64.9. The second kappa shape index (κ2) is 26.4. The predicted molar refractivity (Wildman–Crippen MR) is 299 cm³/mol. The first-order chi connectivity index (χ1) is 43.2. The Hall–Kier alpha value is -9.02. The van der Waals surface area contributed by atoms with Crippen LogP contribution < -0.4 is 16.0 Å². The van der Waals surface area contributed by atoms with Crippen LogP contribution >= 0.6 is 11.6 Å². The van der Waals surface area contributed by atoms with Crippen molar-refractivity contribution in [2.45, 2.75) is 89.2 Å². The number of nitrogens with zero attached hydrogens (tertiary/aromatic N) is 12. The molecule has 0 bridgehead atoms. The molecule has 0 aliphatic carbocycles. The van der Waals surface area contributed by atoms with Crippen LogP contribution in [0.25, 0.3) is 0 Å². The van der Waals surface area contributed by atoms with Crippen LogP contribution in [0.5, 0.6) is 0 Å². The van der Waals surface area contributed by atoms with Crippen molar-refractivity contribution in [3.63, 3.8) is 0 Å². The second-order valence-electron chi connectivity index (χ2n) is 21.5. The number of urea groups is 3. The smallest absolute Gasteiger partial charge is 0.320 e. The number of carbonyl (C=O) groups excluding carboxylic acids is 6. The lowest BCUT2D eigenvalue weighted by Crippen LogP contribution is -2.39. The molecule has 91 heavy (non-hydrogen) atoms. The van der Waals surface area contributed by atoms with Crippen LogP contribution in [0.3, 0.4) is 0 Å². The lowest BCUT2D eigenvalue weighted by Gasteiger charge is -2.27. The molecule has 12 rings (SSSR count). The number of hydroxylamine groups is 6. The van der Waals surface area contributed by atoms with E-state index >= 15 is 0 Å². The molecule has 35 heteroatoms. The number of nitrogens with one attached hydrogen (secondary N) is 3. The zero-order valence-corrected chi connectivity index (χ0v) is 49.1. The molecule has 3 N–H and O–H groups in total. The van der Waals surface area contributed by atoms with E-state index in [1.807, 2.05) is 0 Å². The van der Waals surface area contributed by atoms with Gasteiger partial charge in [-0.3, -0.25) is 42.9 Å². The minimum absolute atomic E-state index is 0.00875. The third kappa shape index (κ3) is 14.1. The molecule has 3 atom stereocenters. The van der Waals surface area contributed by atoms with Gasteiger partial charge in [0.1, 0.15) is 61.2 Å². The van der Waals surface area contributed by atoms with Gasteiger partial charge in [-0.05, 0) is 54.6 Å². The summed E-state index contributed by atoms with van der Waals surface area (Å²) in [6.45, 7) is -1.00. The van der Waals surface area contributed by atoms with Gasteiger partial charge in [-0.2, -0.15) is 41.6 Å². The number of halogens is 11. The maximum Gasteiger partial charge on any atom is 0.419 e. The number of alkyl halides is 9. The van der Waals surface area contributed by atoms with Gasteiger partial charge in [0, 0.05) is 98.8 Å².